The van der Waals surface area contributed by atoms with Crippen molar-refractivity contribution in [2.75, 3.05) is 18.5 Å². The van der Waals surface area contributed by atoms with Gasteiger partial charge in [-0.3, -0.25) is 9.78 Å². The molecule has 0 atom stereocenters. The number of anilines is 1. The fourth-order valence-corrected chi connectivity index (χ4v) is 1.59. The van der Waals surface area contributed by atoms with E-state index in [9.17, 15) is 4.79 Å². The van der Waals surface area contributed by atoms with E-state index in [0.717, 1.165) is 10.9 Å². The van der Waals surface area contributed by atoms with Crippen LogP contribution in [-0.2, 0) is 9.53 Å². The Bertz CT molecular complexity index is 520. The third-order valence-electron chi connectivity index (χ3n) is 2.34. The van der Waals surface area contributed by atoms with E-state index in [-0.39, 0.29) is 12.5 Å². The van der Waals surface area contributed by atoms with Gasteiger partial charge in [-0.05, 0) is 19.1 Å². The number of benzene rings is 1. The molecule has 4 heteroatoms. The van der Waals surface area contributed by atoms with Crippen molar-refractivity contribution in [3.63, 3.8) is 0 Å². The topological polar surface area (TPSA) is 51.2 Å². The summed E-state index contributed by atoms with van der Waals surface area (Å²) in [6.45, 7) is 2.45. The molecule has 0 aliphatic carbocycles. The molecule has 0 bridgehead atoms. The summed E-state index contributed by atoms with van der Waals surface area (Å²) in [5.74, 6) is -0.162. The quantitative estimate of drug-likeness (QED) is 0.876. The fraction of sp³-hybridized carbons (Fsp3) is 0.231. The van der Waals surface area contributed by atoms with E-state index >= 15 is 0 Å². The van der Waals surface area contributed by atoms with E-state index in [1.807, 2.05) is 37.3 Å². The van der Waals surface area contributed by atoms with Gasteiger partial charge in [0.25, 0.3) is 0 Å². The zero-order valence-electron chi connectivity index (χ0n) is 9.64. The molecule has 0 aliphatic heterocycles. The van der Waals surface area contributed by atoms with Gasteiger partial charge in [0.1, 0.15) is 6.61 Å². The van der Waals surface area contributed by atoms with Gasteiger partial charge in [-0.25, -0.2) is 0 Å². The lowest BCUT2D eigenvalue weighted by Gasteiger charge is -2.07. The number of aromatic nitrogens is 1. The number of hydrogen-bond acceptors (Lipinski definition) is 3. The van der Waals surface area contributed by atoms with Gasteiger partial charge in [0.15, 0.2) is 0 Å². The van der Waals surface area contributed by atoms with E-state index in [0.29, 0.717) is 12.3 Å². The molecule has 0 radical (unpaired) electrons. The highest BCUT2D eigenvalue weighted by molar-refractivity contribution is 6.00. The summed E-state index contributed by atoms with van der Waals surface area (Å²) in [4.78, 5) is 15.8. The maximum Gasteiger partial charge on any atom is 0.250 e. The number of nitrogens with zero attached hydrogens (tertiary/aromatic N) is 1. The molecule has 0 aliphatic rings. The minimum atomic E-state index is -0.162. The first-order valence-electron chi connectivity index (χ1n) is 5.52. The Kier molecular flexibility index (Phi) is 3.67. The SMILES string of the molecule is CCOCC(=O)Nc1cccc2cccnc12. The third-order valence-corrected chi connectivity index (χ3v) is 2.34. The lowest BCUT2D eigenvalue weighted by atomic mass is 10.2. The standard InChI is InChI=1S/C13H14N2O2/c1-2-17-9-12(16)15-11-7-3-5-10-6-4-8-14-13(10)11/h3-8H,2,9H2,1H3,(H,15,16). The van der Waals surface area contributed by atoms with Gasteiger partial charge >= 0.3 is 0 Å². The summed E-state index contributed by atoms with van der Waals surface area (Å²) < 4.78 is 5.05. The van der Waals surface area contributed by atoms with Crippen LogP contribution in [0.25, 0.3) is 10.9 Å². The smallest absolute Gasteiger partial charge is 0.250 e. The molecule has 1 aromatic heterocycles. The number of hydrogen-bond donors (Lipinski definition) is 1. The summed E-state index contributed by atoms with van der Waals surface area (Å²) >= 11 is 0. The maximum atomic E-state index is 11.6. The summed E-state index contributed by atoms with van der Waals surface area (Å²) in [5, 5.41) is 3.79. The highest BCUT2D eigenvalue weighted by atomic mass is 16.5. The Morgan fingerprint density at radius 1 is 1.35 bits per heavy atom. The van der Waals surface area contributed by atoms with Gasteiger partial charge in [0.05, 0.1) is 11.2 Å². The van der Waals surface area contributed by atoms with Crippen LogP contribution in [0.5, 0.6) is 0 Å². The van der Waals surface area contributed by atoms with Crippen molar-refractivity contribution in [3.8, 4) is 0 Å². The van der Waals surface area contributed by atoms with Crippen LogP contribution < -0.4 is 5.32 Å². The molecule has 2 aromatic rings. The first kappa shape index (κ1) is 11.5. The van der Waals surface area contributed by atoms with Crippen LogP contribution in [0.1, 0.15) is 6.92 Å². The average molecular weight is 230 g/mol. The molecule has 88 valence electrons. The van der Waals surface area contributed by atoms with E-state index in [1.165, 1.54) is 0 Å². The molecule has 0 fully saturated rings. The number of carbonyl (C=O) groups excluding carboxylic acids is 1. The van der Waals surface area contributed by atoms with Crippen molar-refractivity contribution in [2.24, 2.45) is 0 Å². The Labute approximate surface area is 99.6 Å². The van der Waals surface area contributed by atoms with Gasteiger partial charge < -0.3 is 10.1 Å². The minimum absolute atomic E-state index is 0.0692. The third kappa shape index (κ3) is 2.79. The number of nitrogens with one attached hydrogen (secondary N) is 1. The molecule has 0 unspecified atom stereocenters. The predicted molar refractivity (Wildman–Crippen MR) is 66.9 cm³/mol. The lowest BCUT2D eigenvalue weighted by Crippen LogP contribution is -2.18. The Morgan fingerprint density at radius 3 is 3.00 bits per heavy atom. The van der Waals surface area contributed by atoms with Crippen molar-refractivity contribution in [2.45, 2.75) is 6.92 Å². The molecule has 0 saturated carbocycles. The number of carbonyl (C=O) groups is 1. The van der Waals surface area contributed by atoms with E-state index < -0.39 is 0 Å². The van der Waals surface area contributed by atoms with Crippen molar-refractivity contribution in [1.82, 2.24) is 4.98 Å². The predicted octanol–water partition coefficient (Wildman–Crippen LogP) is 2.21. The van der Waals surface area contributed by atoms with Gasteiger partial charge in [0.2, 0.25) is 5.91 Å². The summed E-state index contributed by atoms with van der Waals surface area (Å²) in [6.07, 6.45) is 1.71. The normalized spacial score (nSPS) is 10.4. The monoisotopic (exact) mass is 230 g/mol. The first-order valence-corrected chi connectivity index (χ1v) is 5.52. The zero-order valence-corrected chi connectivity index (χ0v) is 9.64. The van der Waals surface area contributed by atoms with Crippen LogP contribution in [-0.4, -0.2) is 24.1 Å². The highest BCUT2D eigenvalue weighted by Gasteiger charge is 2.05. The number of ether oxygens (including phenoxy) is 1. The molecular weight excluding hydrogens is 216 g/mol. The Morgan fingerprint density at radius 2 is 2.18 bits per heavy atom. The number of pyridine rings is 1. The molecule has 0 saturated heterocycles. The van der Waals surface area contributed by atoms with Crippen molar-refractivity contribution in [3.05, 3.63) is 36.5 Å². The molecule has 1 N–H and O–H groups in total. The molecule has 0 spiro atoms. The molecule has 17 heavy (non-hydrogen) atoms. The van der Waals surface area contributed by atoms with Crippen molar-refractivity contribution >= 4 is 22.5 Å². The summed E-state index contributed by atoms with van der Waals surface area (Å²) in [5.41, 5.74) is 1.51. The van der Waals surface area contributed by atoms with Crippen LogP contribution in [0.3, 0.4) is 0 Å². The zero-order chi connectivity index (χ0) is 12.1. The Hall–Kier alpha value is -1.94. The molecule has 2 rings (SSSR count). The average Bonchev–Trinajstić information content (AvgIpc) is 2.37. The van der Waals surface area contributed by atoms with Crippen LogP contribution in [0.4, 0.5) is 5.69 Å². The van der Waals surface area contributed by atoms with Gasteiger partial charge in [-0.1, -0.05) is 18.2 Å². The lowest BCUT2D eigenvalue weighted by molar-refractivity contribution is -0.120. The molecule has 1 aromatic carbocycles. The van der Waals surface area contributed by atoms with Gasteiger partial charge in [-0.2, -0.15) is 0 Å². The van der Waals surface area contributed by atoms with Crippen LogP contribution in [0.2, 0.25) is 0 Å². The summed E-state index contributed by atoms with van der Waals surface area (Å²) in [7, 11) is 0. The van der Waals surface area contributed by atoms with Crippen LogP contribution in [0.15, 0.2) is 36.5 Å². The van der Waals surface area contributed by atoms with Crippen molar-refractivity contribution < 1.29 is 9.53 Å². The van der Waals surface area contributed by atoms with E-state index in [1.54, 1.807) is 6.20 Å². The minimum Gasteiger partial charge on any atom is -0.372 e. The van der Waals surface area contributed by atoms with Gasteiger partial charge in [-0.15, -0.1) is 0 Å². The fourth-order valence-electron chi connectivity index (χ4n) is 1.59. The second kappa shape index (κ2) is 5.41. The second-order valence-corrected chi connectivity index (χ2v) is 3.57. The van der Waals surface area contributed by atoms with Crippen molar-refractivity contribution in [1.29, 1.82) is 0 Å². The number of amides is 1. The number of rotatable bonds is 4. The number of para-hydroxylation sites is 1. The van der Waals surface area contributed by atoms with Crippen LogP contribution >= 0.6 is 0 Å². The maximum absolute atomic E-state index is 11.6. The van der Waals surface area contributed by atoms with Crippen LogP contribution in [0, 0.1) is 0 Å². The largest absolute Gasteiger partial charge is 0.372 e. The van der Waals surface area contributed by atoms with E-state index in [4.69, 9.17) is 4.74 Å². The second-order valence-electron chi connectivity index (χ2n) is 3.57. The molecule has 1 heterocycles. The van der Waals surface area contributed by atoms with Gasteiger partial charge in [0, 0.05) is 18.2 Å². The molecular formula is C13H14N2O2. The molecule has 1 amide bonds. The Balaban J connectivity index is 2.21. The first-order chi connectivity index (χ1) is 8.31. The molecule has 4 nitrogen and oxygen atoms in total. The number of fused-ring (bicyclic) bond motifs is 1. The highest BCUT2D eigenvalue weighted by Crippen LogP contribution is 2.20. The summed E-state index contributed by atoms with van der Waals surface area (Å²) in [6, 6.07) is 9.51. The van der Waals surface area contributed by atoms with E-state index in [2.05, 4.69) is 10.3 Å².